The second-order valence-electron chi connectivity index (χ2n) is 7.28. The van der Waals surface area contributed by atoms with Gasteiger partial charge in [0.25, 0.3) is 5.91 Å². The standard InChI is InChI=1S/C26H24N2O2S/c1-3-20-8-4-6-10-22(20)27-26-28-25(29)24(31-26)16-21-9-5-7-11-23(21)30-17-19-14-12-18(2)13-15-19/h4-16H,3,17H2,1-2H3,(H,27,28,29)/b24-16-. The minimum absolute atomic E-state index is 0.147. The first-order chi connectivity index (χ1) is 15.1. The molecule has 0 unspecified atom stereocenters. The number of carbonyl (C=O) groups excluding carboxylic acids is 1. The number of amides is 1. The van der Waals surface area contributed by atoms with Crippen molar-refractivity contribution in [3.05, 3.63) is 100.0 Å². The highest BCUT2D eigenvalue weighted by Crippen LogP contribution is 2.31. The van der Waals surface area contributed by atoms with Gasteiger partial charge in [0.1, 0.15) is 12.4 Å². The Bertz CT molecular complexity index is 1150. The molecule has 1 N–H and O–H groups in total. The second kappa shape index (κ2) is 9.67. The smallest absolute Gasteiger partial charge is 0.264 e. The number of benzene rings is 3. The van der Waals surface area contributed by atoms with E-state index in [-0.39, 0.29) is 5.91 Å². The maximum absolute atomic E-state index is 12.5. The number of para-hydroxylation sites is 2. The summed E-state index contributed by atoms with van der Waals surface area (Å²) in [7, 11) is 0. The van der Waals surface area contributed by atoms with Crippen molar-refractivity contribution in [3.63, 3.8) is 0 Å². The van der Waals surface area contributed by atoms with E-state index in [2.05, 4.69) is 54.5 Å². The van der Waals surface area contributed by atoms with E-state index < -0.39 is 0 Å². The number of thioether (sulfide) groups is 1. The number of nitrogens with one attached hydrogen (secondary N) is 1. The molecule has 0 aromatic heterocycles. The van der Waals surface area contributed by atoms with Crippen molar-refractivity contribution in [1.82, 2.24) is 5.32 Å². The van der Waals surface area contributed by atoms with Gasteiger partial charge in [-0.1, -0.05) is 73.2 Å². The number of aryl methyl sites for hydroxylation is 2. The Morgan fingerprint density at radius 3 is 2.55 bits per heavy atom. The van der Waals surface area contributed by atoms with E-state index in [0.29, 0.717) is 16.7 Å². The second-order valence-corrected chi connectivity index (χ2v) is 8.31. The van der Waals surface area contributed by atoms with Crippen LogP contribution < -0.4 is 10.1 Å². The molecule has 4 rings (SSSR count). The van der Waals surface area contributed by atoms with Gasteiger partial charge in [-0.15, -0.1) is 0 Å². The van der Waals surface area contributed by atoms with Crippen LogP contribution in [0.2, 0.25) is 0 Å². The minimum atomic E-state index is -0.147. The molecule has 0 saturated carbocycles. The van der Waals surface area contributed by atoms with Gasteiger partial charge >= 0.3 is 0 Å². The highest BCUT2D eigenvalue weighted by molar-refractivity contribution is 8.18. The van der Waals surface area contributed by atoms with Gasteiger partial charge < -0.3 is 10.1 Å². The van der Waals surface area contributed by atoms with Crippen molar-refractivity contribution >= 4 is 34.6 Å². The van der Waals surface area contributed by atoms with Crippen LogP contribution in [0.4, 0.5) is 5.69 Å². The molecule has 31 heavy (non-hydrogen) atoms. The molecule has 0 aliphatic carbocycles. The lowest BCUT2D eigenvalue weighted by Crippen LogP contribution is -2.19. The number of amidine groups is 1. The van der Waals surface area contributed by atoms with Crippen LogP contribution in [0.5, 0.6) is 5.75 Å². The Labute approximate surface area is 187 Å². The van der Waals surface area contributed by atoms with Crippen molar-refractivity contribution in [1.29, 1.82) is 0 Å². The van der Waals surface area contributed by atoms with Crippen LogP contribution in [0, 0.1) is 6.92 Å². The average molecular weight is 429 g/mol. The van der Waals surface area contributed by atoms with E-state index in [1.54, 1.807) is 0 Å². The zero-order chi connectivity index (χ0) is 21.6. The number of hydrogen-bond donors (Lipinski definition) is 1. The molecule has 5 heteroatoms. The SMILES string of the molecule is CCc1ccccc1N=C1NC(=O)/C(=C/c2ccccc2OCc2ccc(C)cc2)S1. The van der Waals surface area contributed by atoms with Crippen LogP contribution in [-0.2, 0) is 17.8 Å². The predicted molar refractivity (Wildman–Crippen MR) is 129 cm³/mol. The van der Waals surface area contributed by atoms with Gasteiger partial charge in [-0.25, -0.2) is 4.99 Å². The quantitative estimate of drug-likeness (QED) is 0.488. The molecule has 0 radical (unpaired) electrons. The Kier molecular flexibility index (Phi) is 6.53. The first kappa shape index (κ1) is 20.9. The summed E-state index contributed by atoms with van der Waals surface area (Å²) >= 11 is 1.35. The van der Waals surface area contributed by atoms with Crippen molar-refractivity contribution in [2.45, 2.75) is 26.9 Å². The number of aliphatic imine (C=N–C) groups is 1. The summed E-state index contributed by atoms with van der Waals surface area (Å²) in [5.41, 5.74) is 5.22. The lowest BCUT2D eigenvalue weighted by molar-refractivity contribution is -0.115. The molecular formula is C26H24N2O2S. The van der Waals surface area contributed by atoms with Crippen LogP contribution in [0.15, 0.2) is 82.7 Å². The van der Waals surface area contributed by atoms with Gasteiger partial charge in [0.05, 0.1) is 10.6 Å². The number of hydrogen-bond acceptors (Lipinski definition) is 4. The summed E-state index contributed by atoms with van der Waals surface area (Å²) in [6, 6.07) is 24.0. The van der Waals surface area contributed by atoms with E-state index in [4.69, 9.17) is 4.74 Å². The highest BCUT2D eigenvalue weighted by Gasteiger charge is 2.24. The van der Waals surface area contributed by atoms with Crippen molar-refractivity contribution < 1.29 is 9.53 Å². The molecule has 1 aliphatic heterocycles. The third kappa shape index (κ3) is 5.25. The molecule has 0 atom stereocenters. The monoisotopic (exact) mass is 428 g/mol. The molecule has 0 spiro atoms. The third-order valence-corrected chi connectivity index (χ3v) is 5.88. The maximum atomic E-state index is 12.5. The van der Waals surface area contributed by atoms with E-state index in [9.17, 15) is 4.79 Å². The molecule has 1 aliphatic rings. The fourth-order valence-electron chi connectivity index (χ4n) is 3.23. The van der Waals surface area contributed by atoms with Crippen LogP contribution in [-0.4, -0.2) is 11.1 Å². The topological polar surface area (TPSA) is 50.7 Å². The summed E-state index contributed by atoms with van der Waals surface area (Å²) in [5, 5.41) is 3.46. The van der Waals surface area contributed by atoms with Crippen LogP contribution in [0.3, 0.4) is 0 Å². The fourth-order valence-corrected chi connectivity index (χ4v) is 4.05. The van der Waals surface area contributed by atoms with Gasteiger partial charge in [-0.05, 0) is 54.4 Å². The molecule has 1 saturated heterocycles. The molecule has 3 aromatic carbocycles. The van der Waals surface area contributed by atoms with Gasteiger partial charge in [-0.3, -0.25) is 4.79 Å². The van der Waals surface area contributed by atoms with E-state index in [0.717, 1.165) is 34.5 Å². The lowest BCUT2D eigenvalue weighted by Gasteiger charge is -2.10. The Hall–Kier alpha value is -3.31. The van der Waals surface area contributed by atoms with E-state index in [1.165, 1.54) is 17.3 Å². The van der Waals surface area contributed by atoms with E-state index >= 15 is 0 Å². The predicted octanol–water partition coefficient (Wildman–Crippen LogP) is 6.03. The fraction of sp³-hybridized carbons (Fsp3) is 0.154. The zero-order valence-corrected chi connectivity index (χ0v) is 18.4. The largest absolute Gasteiger partial charge is 0.488 e. The molecule has 156 valence electrons. The number of ether oxygens (including phenoxy) is 1. The summed E-state index contributed by atoms with van der Waals surface area (Å²) < 4.78 is 6.05. The molecule has 1 fully saturated rings. The van der Waals surface area contributed by atoms with Crippen molar-refractivity contribution in [2.75, 3.05) is 0 Å². The number of nitrogens with zero attached hydrogens (tertiary/aromatic N) is 1. The summed E-state index contributed by atoms with van der Waals surface area (Å²) in [6.45, 7) is 4.63. The van der Waals surface area contributed by atoms with E-state index in [1.807, 2.05) is 48.5 Å². The average Bonchev–Trinajstić information content (AvgIpc) is 3.13. The minimum Gasteiger partial charge on any atom is -0.488 e. The van der Waals surface area contributed by atoms with Gasteiger partial charge in [0.15, 0.2) is 5.17 Å². The molecular weight excluding hydrogens is 404 g/mol. The van der Waals surface area contributed by atoms with Crippen molar-refractivity contribution in [2.24, 2.45) is 4.99 Å². The molecule has 3 aromatic rings. The van der Waals surface area contributed by atoms with Crippen LogP contribution >= 0.6 is 11.8 Å². The lowest BCUT2D eigenvalue weighted by atomic mass is 10.1. The van der Waals surface area contributed by atoms with Crippen LogP contribution in [0.1, 0.15) is 29.2 Å². The van der Waals surface area contributed by atoms with Gasteiger partial charge in [0.2, 0.25) is 0 Å². The maximum Gasteiger partial charge on any atom is 0.264 e. The zero-order valence-electron chi connectivity index (χ0n) is 17.6. The van der Waals surface area contributed by atoms with Gasteiger partial charge in [0, 0.05) is 5.56 Å². The Balaban J connectivity index is 1.53. The van der Waals surface area contributed by atoms with Crippen LogP contribution in [0.25, 0.3) is 6.08 Å². The Morgan fingerprint density at radius 1 is 1.00 bits per heavy atom. The first-order valence-corrected chi connectivity index (χ1v) is 11.1. The normalized spacial score (nSPS) is 16.0. The molecule has 1 amide bonds. The van der Waals surface area contributed by atoms with Gasteiger partial charge in [-0.2, -0.15) is 0 Å². The third-order valence-electron chi connectivity index (χ3n) is 4.97. The summed E-state index contributed by atoms with van der Waals surface area (Å²) in [6.07, 6.45) is 2.75. The summed E-state index contributed by atoms with van der Waals surface area (Å²) in [4.78, 5) is 17.8. The number of rotatable bonds is 6. The van der Waals surface area contributed by atoms with Crippen molar-refractivity contribution in [3.8, 4) is 5.75 Å². The Morgan fingerprint density at radius 2 is 1.74 bits per heavy atom. The molecule has 1 heterocycles. The first-order valence-electron chi connectivity index (χ1n) is 10.3. The highest BCUT2D eigenvalue weighted by atomic mass is 32.2. The molecule has 4 nitrogen and oxygen atoms in total. The summed E-state index contributed by atoms with van der Waals surface area (Å²) in [5.74, 6) is 0.594. The number of carbonyl (C=O) groups is 1. The molecule has 0 bridgehead atoms.